The van der Waals surface area contributed by atoms with Gasteiger partial charge < -0.3 is 9.73 Å². The zero-order valence-electron chi connectivity index (χ0n) is 13.1. The highest BCUT2D eigenvalue weighted by atomic mass is 16.3. The molecule has 1 saturated carbocycles. The summed E-state index contributed by atoms with van der Waals surface area (Å²) in [6.07, 6.45) is 3.12. The number of hydrogen-bond donors (Lipinski definition) is 3. The number of carbonyl (C=O) groups is 3. The third kappa shape index (κ3) is 3.62. The topological polar surface area (TPSA) is 100 Å². The van der Waals surface area contributed by atoms with Crippen molar-refractivity contribution in [2.75, 3.05) is 5.32 Å². The van der Waals surface area contributed by atoms with Crippen LogP contribution >= 0.6 is 0 Å². The Kier molecular flexibility index (Phi) is 4.33. The van der Waals surface area contributed by atoms with Crippen LogP contribution in [0.25, 0.3) is 0 Å². The van der Waals surface area contributed by atoms with E-state index in [-0.39, 0.29) is 17.6 Å². The van der Waals surface area contributed by atoms with Crippen molar-refractivity contribution in [3.05, 3.63) is 53.5 Å². The first-order valence-electron chi connectivity index (χ1n) is 7.60. The summed E-state index contributed by atoms with van der Waals surface area (Å²) in [5.41, 5.74) is 6.40. The van der Waals surface area contributed by atoms with Crippen LogP contribution < -0.4 is 16.2 Å². The maximum absolute atomic E-state index is 12.1. The van der Waals surface area contributed by atoms with E-state index in [4.69, 9.17) is 4.42 Å². The molecule has 1 heterocycles. The van der Waals surface area contributed by atoms with Crippen molar-refractivity contribution in [3.8, 4) is 0 Å². The van der Waals surface area contributed by atoms with Crippen LogP contribution in [0.2, 0.25) is 0 Å². The van der Waals surface area contributed by atoms with Crippen molar-refractivity contribution in [1.82, 2.24) is 10.9 Å². The fourth-order valence-electron chi connectivity index (χ4n) is 2.13. The highest BCUT2D eigenvalue weighted by molar-refractivity contribution is 6.04. The molecule has 3 amide bonds. The minimum atomic E-state index is -0.447. The number of rotatable bonds is 4. The van der Waals surface area contributed by atoms with E-state index in [0.29, 0.717) is 11.3 Å². The van der Waals surface area contributed by atoms with E-state index in [0.717, 1.165) is 18.4 Å². The van der Waals surface area contributed by atoms with Crippen molar-refractivity contribution in [2.45, 2.75) is 19.8 Å². The van der Waals surface area contributed by atoms with Crippen molar-refractivity contribution in [1.29, 1.82) is 0 Å². The summed E-state index contributed by atoms with van der Waals surface area (Å²) in [7, 11) is 0. The molecule has 3 rings (SSSR count). The molecule has 1 aliphatic rings. The van der Waals surface area contributed by atoms with E-state index >= 15 is 0 Å². The molecule has 124 valence electrons. The minimum absolute atomic E-state index is 0.00598. The highest BCUT2D eigenvalue weighted by Crippen LogP contribution is 2.28. The standard InChI is InChI=1S/C17H17N3O4/c1-10-4-5-12(16(22)20-19-15(21)11-6-7-11)9-13(10)18-17(23)14-3-2-8-24-14/h2-5,8-9,11H,6-7H2,1H3,(H,18,23)(H,19,21)(H,20,22). The highest BCUT2D eigenvalue weighted by Gasteiger charge is 2.29. The zero-order valence-corrected chi connectivity index (χ0v) is 13.1. The second-order valence-corrected chi connectivity index (χ2v) is 5.68. The van der Waals surface area contributed by atoms with Gasteiger partial charge in [0.1, 0.15) is 0 Å². The molecule has 0 spiro atoms. The van der Waals surface area contributed by atoms with Gasteiger partial charge in [-0.05, 0) is 49.6 Å². The molecule has 1 aromatic carbocycles. The van der Waals surface area contributed by atoms with Gasteiger partial charge in [0.25, 0.3) is 11.8 Å². The van der Waals surface area contributed by atoms with Crippen LogP contribution in [-0.2, 0) is 4.79 Å². The lowest BCUT2D eigenvalue weighted by molar-refractivity contribution is -0.123. The number of anilines is 1. The lowest BCUT2D eigenvalue weighted by Gasteiger charge is -2.11. The van der Waals surface area contributed by atoms with Gasteiger partial charge in [0, 0.05) is 17.2 Å². The van der Waals surface area contributed by atoms with Crippen molar-refractivity contribution in [3.63, 3.8) is 0 Å². The molecule has 0 saturated heterocycles. The van der Waals surface area contributed by atoms with Crippen molar-refractivity contribution >= 4 is 23.4 Å². The van der Waals surface area contributed by atoms with E-state index in [9.17, 15) is 14.4 Å². The van der Waals surface area contributed by atoms with Crippen LogP contribution in [0.5, 0.6) is 0 Å². The van der Waals surface area contributed by atoms with Crippen LogP contribution in [0, 0.1) is 12.8 Å². The molecule has 2 aromatic rings. The van der Waals surface area contributed by atoms with Crippen LogP contribution in [0.15, 0.2) is 41.0 Å². The summed E-state index contributed by atoms with van der Waals surface area (Å²) in [6.45, 7) is 1.81. The minimum Gasteiger partial charge on any atom is -0.459 e. The number of hydrazine groups is 1. The van der Waals surface area contributed by atoms with Gasteiger partial charge in [-0.1, -0.05) is 6.07 Å². The molecule has 0 unspecified atom stereocenters. The molecule has 0 atom stereocenters. The summed E-state index contributed by atoms with van der Waals surface area (Å²) >= 11 is 0. The van der Waals surface area contributed by atoms with Gasteiger partial charge in [0.15, 0.2) is 5.76 Å². The van der Waals surface area contributed by atoms with Crippen molar-refractivity contribution in [2.24, 2.45) is 5.92 Å². The van der Waals surface area contributed by atoms with E-state index in [1.165, 1.54) is 6.26 Å². The molecule has 3 N–H and O–H groups in total. The Morgan fingerprint density at radius 3 is 2.54 bits per heavy atom. The Hall–Kier alpha value is -3.09. The van der Waals surface area contributed by atoms with Crippen LogP contribution in [-0.4, -0.2) is 17.7 Å². The Balaban J connectivity index is 1.67. The zero-order chi connectivity index (χ0) is 17.1. The summed E-state index contributed by atoms with van der Waals surface area (Å²) in [4.78, 5) is 35.7. The first-order chi connectivity index (χ1) is 11.5. The molecule has 1 fully saturated rings. The number of aryl methyl sites for hydroxylation is 1. The Labute approximate surface area is 138 Å². The molecular weight excluding hydrogens is 310 g/mol. The summed E-state index contributed by atoms with van der Waals surface area (Å²) in [6, 6.07) is 8.06. The first kappa shape index (κ1) is 15.8. The van der Waals surface area contributed by atoms with Gasteiger partial charge in [-0.2, -0.15) is 0 Å². The largest absolute Gasteiger partial charge is 0.459 e. The fourth-order valence-corrected chi connectivity index (χ4v) is 2.13. The van der Waals surface area contributed by atoms with Crippen LogP contribution in [0.4, 0.5) is 5.69 Å². The number of benzene rings is 1. The lowest BCUT2D eigenvalue weighted by Crippen LogP contribution is -2.42. The quantitative estimate of drug-likeness (QED) is 0.748. The van der Waals surface area contributed by atoms with Crippen molar-refractivity contribution < 1.29 is 18.8 Å². The third-order valence-electron chi connectivity index (χ3n) is 3.74. The molecular formula is C17H17N3O4. The van der Waals surface area contributed by atoms with Crippen LogP contribution in [0.1, 0.15) is 39.3 Å². The molecule has 24 heavy (non-hydrogen) atoms. The van der Waals surface area contributed by atoms with Gasteiger partial charge in [-0.15, -0.1) is 0 Å². The predicted molar refractivity (Wildman–Crippen MR) is 86.2 cm³/mol. The average molecular weight is 327 g/mol. The van der Waals surface area contributed by atoms with E-state index < -0.39 is 11.8 Å². The number of hydrogen-bond acceptors (Lipinski definition) is 4. The molecule has 7 nitrogen and oxygen atoms in total. The molecule has 0 radical (unpaired) electrons. The molecule has 7 heteroatoms. The van der Waals surface area contributed by atoms with Gasteiger partial charge in [-0.25, -0.2) is 0 Å². The fraction of sp³-hybridized carbons (Fsp3) is 0.235. The van der Waals surface area contributed by atoms with Gasteiger partial charge in [-0.3, -0.25) is 25.2 Å². The summed E-state index contributed by atoms with van der Waals surface area (Å²) < 4.78 is 5.04. The SMILES string of the molecule is Cc1ccc(C(=O)NNC(=O)C2CC2)cc1NC(=O)c1ccco1. The lowest BCUT2D eigenvalue weighted by atomic mass is 10.1. The molecule has 0 aliphatic heterocycles. The number of nitrogens with one attached hydrogen (secondary N) is 3. The molecule has 1 aliphatic carbocycles. The first-order valence-corrected chi connectivity index (χ1v) is 7.60. The maximum Gasteiger partial charge on any atom is 0.291 e. The van der Waals surface area contributed by atoms with Gasteiger partial charge in [0.2, 0.25) is 5.91 Å². The molecule has 1 aromatic heterocycles. The second-order valence-electron chi connectivity index (χ2n) is 5.68. The second kappa shape index (κ2) is 6.57. The molecule has 0 bridgehead atoms. The third-order valence-corrected chi connectivity index (χ3v) is 3.74. The number of furan rings is 1. The monoisotopic (exact) mass is 327 g/mol. The van der Waals surface area contributed by atoms with Gasteiger partial charge in [0.05, 0.1) is 6.26 Å². The summed E-state index contributed by atoms with van der Waals surface area (Å²) in [5.74, 6) is -0.839. The average Bonchev–Trinajstić information content (AvgIpc) is 3.28. The van der Waals surface area contributed by atoms with Crippen LogP contribution in [0.3, 0.4) is 0 Å². The maximum atomic E-state index is 12.1. The number of carbonyl (C=O) groups excluding carboxylic acids is 3. The predicted octanol–water partition coefficient (Wildman–Crippen LogP) is 2.01. The Bertz CT molecular complexity index is 779. The van der Waals surface area contributed by atoms with E-state index in [2.05, 4.69) is 16.2 Å². The van der Waals surface area contributed by atoms with E-state index in [1.807, 2.05) is 6.92 Å². The number of amides is 3. The Morgan fingerprint density at radius 2 is 1.88 bits per heavy atom. The Morgan fingerprint density at radius 1 is 1.08 bits per heavy atom. The van der Waals surface area contributed by atoms with E-state index in [1.54, 1.807) is 30.3 Å². The van der Waals surface area contributed by atoms with Gasteiger partial charge >= 0.3 is 0 Å². The summed E-state index contributed by atoms with van der Waals surface area (Å²) in [5, 5.41) is 2.70. The smallest absolute Gasteiger partial charge is 0.291 e. The normalized spacial score (nSPS) is 13.2.